The first-order chi connectivity index (χ1) is 10.6. The second-order valence-electron chi connectivity index (χ2n) is 4.51. The van der Waals surface area contributed by atoms with E-state index < -0.39 is 17.6 Å². The maximum absolute atomic E-state index is 14.6. The zero-order valence-corrected chi connectivity index (χ0v) is 11.5. The second-order valence-corrected chi connectivity index (χ2v) is 4.51. The SMILES string of the molecule is COC(=O)c1cc2[nH]cnc2c(F)c1Nc1ccccc1F. The van der Waals surface area contributed by atoms with Crippen LogP contribution in [0.2, 0.25) is 0 Å². The van der Waals surface area contributed by atoms with Crippen molar-refractivity contribution in [1.29, 1.82) is 0 Å². The Morgan fingerprint density at radius 1 is 1.32 bits per heavy atom. The molecule has 5 nitrogen and oxygen atoms in total. The zero-order valence-electron chi connectivity index (χ0n) is 11.5. The largest absolute Gasteiger partial charge is 0.465 e. The minimum Gasteiger partial charge on any atom is -0.465 e. The number of halogens is 2. The van der Waals surface area contributed by atoms with Gasteiger partial charge in [-0.15, -0.1) is 0 Å². The van der Waals surface area contributed by atoms with Crippen LogP contribution < -0.4 is 5.32 Å². The van der Waals surface area contributed by atoms with Crippen LogP contribution in [0.3, 0.4) is 0 Å². The molecule has 1 heterocycles. The molecule has 0 aliphatic heterocycles. The van der Waals surface area contributed by atoms with Crippen molar-refractivity contribution in [3.05, 3.63) is 53.9 Å². The van der Waals surface area contributed by atoms with E-state index in [4.69, 9.17) is 0 Å². The fraction of sp³-hybridized carbons (Fsp3) is 0.0667. The highest BCUT2D eigenvalue weighted by Gasteiger charge is 2.21. The molecule has 0 aliphatic rings. The van der Waals surface area contributed by atoms with Crippen molar-refractivity contribution in [2.24, 2.45) is 0 Å². The molecule has 0 saturated carbocycles. The highest BCUT2D eigenvalue weighted by Crippen LogP contribution is 2.31. The van der Waals surface area contributed by atoms with E-state index in [0.29, 0.717) is 5.52 Å². The van der Waals surface area contributed by atoms with Gasteiger partial charge >= 0.3 is 5.97 Å². The molecule has 0 bridgehead atoms. The number of para-hydroxylation sites is 1. The minimum absolute atomic E-state index is 0.0430. The van der Waals surface area contributed by atoms with Gasteiger partial charge in [0, 0.05) is 0 Å². The van der Waals surface area contributed by atoms with E-state index in [9.17, 15) is 13.6 Å². The van der Waals surface area contributed by atoms with Crippen molar-refractivity contribution < 1.29 is 18.3 Å². The number of aromatic nitrogens is 2. The van der Waals surface area contributed by atoms with Gasteiger partial charge in [0.15, 0.2) is 5.82 Å². The predicted molar refractivity (Wildman–Crippen MR) is 77.1 cm³/mol. The fourth-order valence-electron chi connectivity index (χ4n) is 2.13. The Kier molecular flexibility index (Phi) is 3.46. The molecule has 0 saturated heterocycles. The molecule has 2 aromatic carbocycles. The van der Waals surface area contributed by atoms with Crippen LogP contribution in [0.4, 0.5) is 20.2 Å². The highest BCUT2D eigenvalue weighted by atomic mass is 19.1. The number of methoxy groups -OCH3 is 1. The van der Waals surface area contributed by atoms with Crippen molar-refractivity contribution in [3.63, 3.8) is 0 Å². The Morgan fingerprint density at radius 2 is 2.09 bits per heavy atom. The van der Waals surface area contributed by atoms with Gasteiger partial charge in [0.05, 0.1) is 35.9 Å². The number of hydrogen-bond donors (Lipinski definition) is 2. The summed E-state index contributed by atoms with van der Waals surface area (Å²) in [7, 11) is 1.18. The number of carbonyl (C=O) groups is 1. The number of rotatable bonds is 3. The van der Waals surface area contributed by atoms with Gasteiger partial charge in [0.1, 0.15) is 11.3 Å². The molecule has 22 heavy (non-hydrogen) atoms. The van der Waals surface area contributed by atoms with Crippen LogP contribution in [-0.2, 0) is 4.74 Å². The van der Waals surface area contributed by atoms with Crippen LogP contribution in [0.1, 0.15) is 10.4 Å². The zero-order chi connectivity index (χ0) is 15.7. The van der Waals surface area contributed by atoms with Crippen LogP contribution in [-0.4, -0.2) is 23.0 Å². The highest BCUT2D eigenvalue weighted by molar-refractivity contribution is 6.01. The van der Waals surface area contributed by atoms with E-state index in [-0.39, 0.29) is 22.5 Å². The standard InChI is InChI=1S/C15H11F2N3O2/c1-22-15(21)8-6-11-14(19-7-18-11)12(17)13(8)20-10-5-3-2-4-9(10)16/h2-7,20H,1H3,(H,18,19). The lowest BCUT2D eigenvalue weighted by molar-refractivity contribution is 0.0601. The van der Waals surface area contributed by atoms with Gasteiger partial charge < -0.3 is 15.0 Å². The van der Waals surface area contributed by atoms with Crippen molar-refractivity contribution in [2.75, 3.05) is 12.4 Å². The average molecular weight is 303 g/mol. The Labute approximate surface area is 123 Å². The number of fused-ring (bicyclic) bond motifs is 1. The predicted octanol–water partition coefficient (Wildman–Crippen LogP) is 3.37. The third-order valence-electron chi connectivity index (χ3n) is 3.19. The second kappa shape index (κ2) is 5.44. The molecule has 2 N–H and O–H groups in total. The Bertz CT molecular complexity index is 861. The number of carbonyl (C=O) groups excluding carboxylic acids is 1. The van der Waals surface area contributed by atoms with E-state index in [1.165, 1.54) is 37.7 Å². The summed E-state index contributed by atoms with van der Waals surface area (Å²) in [5.41, 5.74) is 0.196. The number of anilines is 2. The van der Waals surface area contributed by atoms with E-state index in [1.807, 2.05) is 0 Å². The van der Waals surface area contributed by atoms with Crippen LogP contribution in [0, 0.1) is 11.6 Å². The summed E-state index contributed by atoms with van der Waals surface area (Å²) < 4.78 is 33.0. The topological polar surface area (TPSA) is 67.0 Å². The molecule has 0 fully saturated rings. The van der Waals surface area contributed by atoms with E-state index >= 15 is 0 Å². The number of benzene rings is 2. The van der Waals surface area contributed by atoms with Gasteiger partial charge in [-0.2, -0.15) is 0 Å². The first kappa shape index (κ1) is 14.0. The number of aromatic amines is 1. The molecule has 0 atom stereocenters. The van der Waals surface area contributed by atoms with Gasteiger partial charge in [-0.1, -0.05) is 12.1 Å². The molecule has 3 aromatic rings. The van der Waals surface area contributed by atoms with Gasteiger partial charge in [0.2, 0.25) is 0 Å². The lowest BCUT2D eigenvalue weighted by atomic mass is 10.1. The van der Waals surface area contributed by atoms with Crippen LogP contribution >= 0.6 is 0 Å². The van der Waals surface area contributed by atoms with Crippen LogP contribution in [0.25, 0.3) is 11.0 Å². The van der Waals surface area contributed by atoms with Gasteiger partial charge in [-0.3, -0.25) is 0 Å². The molecule has 1 aromatic heterocycles. The van der Waals surface area contributed by atoms with E-state index in [1.54, 1.807) is 6.07 Å². The Morgan fingerprint density at radius 3 is 2.82 bits per heavy atom. The lowest BCUT2D eigenvalue weighted by Crippen LogP contribution is -2.08. The van der Waals surface area contributed by atoms with Crippen molar-refractivity contribution in [2.45, 2.75) is 0 Å². The van der Waals surface area contributed by atoms with Gasteiger partial charge in [-0.25, -0.2) is 18.6 Å². The number of nitrogens with one attached hydrogen (secondary N) is 2. The monoisotopic (exact) mass is 303 g/mol. The number of nitrogens with zero attached hydrogens (tertiary/aromatic N) is 1. The maximum Gasteiger partial charge on any atom is 0.340 e. The van der Waals surface area contributed by atoms with E-state index in [0.717, 1.165) is 0 Å². The number of H-pyrrole nitrogens is 1. The van der Waals surface area contributed by atoms with Crippen LogP contribution in [0.15, 0.2) is 36.7 Å². The van der Waals surface area contributed by atoms with Gasteiger partial charge in [-0.05, 0) is 18.2 Å². The molecule has 112 valence electrons. The molecule has 0 unspecified atom stereocenters. The summed E-state index contributed by atoms with van der Waals surface area (Å²) in [4.78, 5) is 18.4. The Balaban J connectivity index is 2.19. The quantitative estimate of drug-likeness (QED) is 0.728. The average Bonchev–Trinajstić information content (AvgIpc) is 2.99. The third-order valence-corrected chi connectivity index (χ3v) is 3.19. The third kappa shape index (κ3) is 2.26. The van der Waals surface area contributed by atoms with Gasteiger partial charge in [0.25, 0.3) is 0 Å². The number of esters is 1. The molecule has 7 heteroatoms. The first-order valence-corrected chi connectivity index (χ1v) is 6.37. The molecule has 0 spiro atoms. The molecule has 0 amide bonds. The number of imidazole rings is 1. The minimum atomic E-state index is -0.762. The smallest absolute Gasteiger partial charge is 0.340 e. The van der Waals surface area contributed by atoms with Crippen LogP contribution in [0.5, 0.6) is 0 Å². The van der Waals surface area contributed by atoms with E-state index in [2.05, 4.69) is 20.0 Å². The first-order valence-electron chi connectivity index (χ1n) is 6.37. The summed E-state index contributed by atoms with van der Waals surface area (Å²) in [6, 6.07) is 7.17. The molecular formula is C15H11F2N3O2. The molecular weight excluding hydrogens is 292 g/mol. The lowest BCUT2D eigenvalue weighted by Gasteiger charge is -2.13. The fourth-order valence-corrected chi connectivity index (χ4v) is 2.13. The van der Waals surface area contributed by atoms with Crippen molar-refractivity contribution in [1.82, 2.24) is 9.97 Å². The summed E-state index contributed by atoms with van der Waals surface area (Å²) >= 11 is 0. The summed E-state index contributed by atoms with van der Waals surface area (Å²) in [5, 5.41) is 2.60. The van der Waals surface area contributed by atoms with Crippen molar-refractivity contribution in [3.8, 4) is 0 Å². The summed E-state index contributed by atoms with van der Waals surface area (Å²) in [6.45, 7) is 0. The number of hydrogen-bond acceptors (Lipinski definition) is 4. The Hall–Kier alpha value is -2.96. The summed E-state index contributed by atoms with van der Waals surface area (Å²) in [5.74, 6) is -2.07. The summed E-state index contributed by atoms with van der Waals surface area (Å²) in [6.07, 6.45) is 1.31. The molecule has 0 radical (unpaired) electrons. The normalized spacial score (nSPS) is 10.7. The maximum atomic E-state index is 14.6. The van der Waals surface area contributed by atoms with Crippen molar-refractivity contribution >= 4 is 28.4 Å². The number of ether oxygens (including phenoxy) is 1. The molecule has 0 aliphatic carbocycles. The molecule has 3 rings (SSSR count).